The fourth-order valence-electron chi connectivity index (χ4n) is 3.66. The third-order valence-corrected chi connectivity index (χ3v) is 4.77. The maximum atomic E-state index is 13.3. The fraction of sp³-hybridized carbons (Fsp3) is 0.600. The van der Waals surface area contributed by atoms with E-state index in [2.05, 4.69) is 10.3 Å². The molecule has 27 heavy (non-hydrogen) atoms. The number of rotatable bonds is 4. The molecule has 2 aromatic heterocycles. The van der Waals surface area contributed by atoms with Crippen LogP contribution in [0.2, 0.25) is 0 Å². The van der Waals surface area contributed by atoms with Crippen molar-refractivity contribution >= 4 is 11.6 Å². The Hall–Kier alpha value is -2.02. The summed E-state index contributed by atoms with van der Waals surface area (Å²) in [6, 6.07) is 2.96. The van der Waals surface area contributed by atoms with Crippen LogP contribution >= 0.6 is 0 Å². The Morgan fingerprint density at radius 3 is 2.56 bits per heavy atom. The molecule has 1 aliphatic rings. The first-order chi connectivity index (χ1) is 12.6. The van der Waals surface area contributed by atoms with E-state index in [1.807, 2.05) is 20.8 Å². The van der Waals surface area contributed by atoms with Gasteiger partial charge in [-0.05, 0) is 65.5 Å². The van der Waals surface area contributed by atoms with Crippen LogP contribution in [0, 0.1) is 6.92 Å². The van der Waals surface area contributed by atoms with E-state index in [0.717, 1.165) is 25.7 Å². The Morgan fingerprint density at radius 2 is 1.96 bits per heavy atom. The number of aromatic nitrogens is 2. The van der Waals surface area contributed by atoms with Crippen LogP contribution in [-0.2, 0) is 4.74 Å². The van der Waals surface area contributed by atoms with Crippen LogP contribution in [0.3, 0.4) is 0 Å². The van der Waals surface area contributed by atoms with E-state index >= 15 is 0 Å². The zero-order chi connectivity index (χ0) is 19.8. The van der Waals surface area contributed by atoms with Crippen molar-refractivity contribution < 1.29 is 18.3 Å². The average Bonchev–Trinajstić information content (AvgIpc) is 2.98. The minimum Gasteiger partial charge on any atom is -0.373 e. The second-order valence-corrected chi connectivity index (χ2v) is 8.22. The Kier molecular flexibility index (Phi) is 5.51. The van der Waals surface area contributed by atoms with E-state index in [1.165, 1.54) is 16.7 Å². The van der Waals surface area contributed by atoms with Crippen molar-refractivity contribution in [3.05, 3.63) is 35.3 Å². The first-order valence-electron chi connectivity index (χ1n) is 9.39. The van der Waals surface area contributed by atoms with Gasteiger partial charge in [0.25, 0.3) is 12.3 Å². The van der Waals surface area contributed by atoms with Crippen LogP contribution in [0.15, 0.2) is 18.3 Å². The number of ether oxygens (including phenoxy) is 1. The van der Waals surface area contributed by atoms with Crippen molar-refractivity contribution in [1.82, 2.24) is 14.7 Å². The van der Waals surface area contributed by atoms with E-state index in [-0.39, 0.29) is 35.0 Å². The summed E-state index contributed by atoms with van der Waals surface area (Å²) in [7, 11) is 0. The molecule has 1 aliphatic carbocycles. The Morgan fingerprint density at radius 1 is 1.30 bits per heavy atom. The number of alkyl halides is 2. The van der Waals surface area contributed by atoms with Gasteiger partial charge in [0, 0.05) is 17.9 Å². The summed E-state index contributed by atoms with van der Waals surface area (Å²) in [5.74, 6) is -0.268. The maximum absolute atomic E-state index is 13.3. The number of nitrogens with zero attached hydrogens (tertiary/aromatic N) is 2. The molecule has 0 atom stereocenters. The lowest BCUT2D eigenvalue weighted by atomic mass is 9.92. The maximum Gasteiger partial charge on any atom is 0.278 e. The lowest BCUT2D eigenvalue weighted by molar-refractivity contribution is -0.0757. The molecule has 3 rings (SSSR count). The summed E-state index contributed by atoms with van der Waals surface area (Å²) in [4.78, 5) is 17.0. The summed E-state index contributed by atoms with van der Waals surface area (Å²) >= 11 is 0. The van der Waals surface area contributed by atoms with Crippen LogP contribution in [0.1, 0.15) is 74.6 Å². The lowest BCUT2D eigenvalue weighted by Crippen LogP contribution is -2.40. The molecule has 5 nitrogen and oxygen atoms in total. The largest absolute Gasteiger partial charge is 0.373 e. The van der Waals surface area contributed by atoms with Gasteiger partial charge in [0.05, 0.1) is 23.0 Å². The minimum atomic E-state index is -2.63. The van der Waals surface area contributed by atoms with Crippen molar-refractivity contribution in [2.45, 2.75) is 77.6 Å². The van der Waals surface area contributed by atoms with E-state index < -0.39 is 6.43 Å². The molecule has 1 saturated carbocycles. The van der Waals surface area contributed by atoms with E-state index in [1.54, 1.807) is 13.0 Å². The number of carbonyl (C=O) groups is 1. The third kappa shape index (κ3) is 4.64. The molecule has 0 radical (unpaired) electrons. The van der Waals surface area contributed by atoms with Gasteiger partial charge in [-0.25, -0.2) is 13.8 Å². The van der Waals surface area contributed by atoms with E-state index in [0.29, 0.717) is 11.3 Å². The summed E-state index contributed by atoms with van der Waals surface area (Å²) in [6.45, 7) is 7.78. The minimum absolute atomic E-state index is 0.0617. The molecule has 7 heteroatoms. The lowest BCUT2D eigenvalue weighted by Gasteiger charge is -2.33. The van der Waals surface area contributed by atoms with Gasteiger partial charge in [0.2, 0.25) is 0 Å². The molecule has 2 aromatic rings. The van der Waals surface area contributed by atoms with Crippen molar-refractivity contribution in [2.24, 2.45) is 0 Å². The highest BCUT2D eigenvalue weighted by molar-refractivity contribution is 6.00. The summed E-state index contributed by atoms with van der Waals surface area (Å²) in [5, 5.41) is 3.03. The molecule has 0 aromatic carbocycles. The molecule has 2 heterocycles. The first kappa shape index (κ1) is 19.7. The van der Waals surface area contributed by atoms with Crippen molar-refractivity contribution in [2.75, 3.05) is 0 Å². The van der Waals surface area contributed by atoms with Crippen molar-refractivity contribution in [1.29, 1.82) is 0 Å². The summed E-state index contributed by atoms with van der Waals surface area (Å²) < 4.78 is 33.8. The van der Waals surface area contributed by atoms with Gasteiger partial charge in [-0.2, -0.15) is 0 Å². The monoisotopic (exact) mass is 379 g/mol. The molecule has 0 aliphatic heterocycles. The number of aryl methyl sites for hydroxylation is 1. The number of hydrogen-bond donors (Lipinski definition) is 1. The third-order valence-electron chi connectivity index (χ3n) is 4.77. The van der Waals surface area contributed by atoms with Gasteiger partial charge in [0.15, 0.2) is 0 Å². The molecule has 0 spiro atoms. The van der Waals surface area contributed by atoms with Gasteiger partial charge in [0.1, 0.15) is 5.65 Å². The van der Waals surface area contributed by atoms with Gasteiger partial charge in [-0.3, -0.25) is 9.20 Å². The summed E-state index contributed by atoms with van der Waals surface area (Å²) in [5.41, 5.74) is 0.737. The highest BCUT2D eigenvalue weighted by Crippen LogP contribution is 2.26. The molecule has 1 N–H and O–H groups in total. The standard InChI is InChI=1S/C20H27F2N3O2/c1-12-11-16(17(21)22)25-10-9-15(18(25)23-12)19(26)24-13-5-7-14(8-6-13)27-20(2,3)4/h9-11,13-14,17H,5-8H2,1-4H3,(H,24,26)/t13-,14-. The number of hydrogen-bond acceptors (Lipinski definition) is 3. The zero-order valence-electron chi connectivity index (χ0n) is 16.3. The van der Waals surface area contributed by atoms with E-state index in [9.17, 15) is 13.6 Å². The quantitative estimate of drug-likeness (QED) is 0.855. The van der Waals surface area contributed by atoms with E-state index in [4.69, 9.17) is 4.74 Å². The molecule has 1 fully saturated rings. The molecular weight excluding hydrogens is 352 g/mol. The SMILES string of the molecule is Cc1cc(C(F)F)n2ccc(C(=O)N[C@H]3CC[C@H](OC(C)(C)C)CC3)c2n1. The molecule has 1 amide bonds. The predicted octanol–water partition coefficient (Wildman–Crippen LogP) is 4.44. The summed E-state index contributed by atoms with van der Waals surface area (Å²) in [6.07, 6.45) is 2.53. The second kappa shape index (κ2) is 7.54. The second-order valence-electron chi connectivity index (χ2n) is 8.22. The average molecular weight is 379 g/mol. The van der Waals surface area contributed by atoms with Gasteiger partial charge in [-0.1, -0.05) is 0 Å². The van der Waals surface area contributed by atoms with Crippen LogP contribution in [0.4, 0.5) is 8.78 Å². The smallest absolute Gasteiger partial charge is 0.278 e. The molecule has 0 unspecified atom stereocenters. The Bertz CT molecular complexity index is 818. The normalized spacial score (nSPS) is 21.0. The number of carbonyl (C=O) groups excluding carboxylic acids is 1. The van der Waals surface area contributed by atoms with Gasteiger partial charge < -0.3 is 10.1 Å². The van der Waals surface area contributed by atoms with Crippen molar-refractivity contribution in [3.63, 3.8) is 0 Å². The van der Waals surface area contributed by atoms with Gasteiger partial charge in [-0.15, -0.1) is 0 Å². The Labute approximate surface area is 158 Å². The molecule has 148 valence electrons. The van der Waals surface area contributed by atoms with Crippen LogP contribution < -0.4 is 5.32 Å². The Balaban J connectivity index is 1.69. The van der Waals surface area contributed by atoms with Crippen LogP contribution in [0.5, 0.6) is 0 Å². The predicted molar refractivity (Wildman–Crippen MR) is 99.2 cm³/mol. The van der Waals surface area contributed by atoms with Crippen molar-refractivity contribution in [3.8, 4) is 0 Å². The highest BCUT2D eigenvalue weighted by Gasteiger charge is 2.27. The molecular formula is C20H27F2N3O2. The molecule has 0 bridgehead atoms. The number of halogens is 2. The topological polar surface area (TPSA) is 55.6 Å². The van der Waals surface area contributed by atoms with Crippen LogP contribution in [0.25, 0.3) is 5.65 Å². The number of nitrogens with one attached hydrogen (secondary N) is 1. The highest BCUT2D eigenvalue weighted by atomic mass is 19.3. The number of amides is 1. The first-order valence-corrected chi connectivity index (χ1v) is 9.39. The van der Waals surface area contributed by atoms with Gasteiger partial charge >= 0.3 is 0 Å². The number of fused-ring (bicyclic) bond motifs is 1. The fourth-order valence-corrected chi connectivity index (χ4v) is 3.66. The van der Waals surface area contributed by atoms with Crippen LogP contribution in [-0.4, -0.2) is 33.0 Å². The molecule has 0 saturated heterocycles. The zero-order valence-corrected chi connectivity index (χ0v) is 16.3.